The third-order valence-electron chi connectivity index (χ3n) is 7.67. The van der Waals surface area contributed by atoms with E-state index in [2.05, 4.69) is 6.58 Å². The summed E-state index contributed by atoms with van der Waals surface area (Å²) in [4.78, 5) is 24.7. The molecule has 0 unspecified atom stereocenters. The molecule has 1 aliphatic heterocycles. The maximum atomic E-state index is 14.7. The smallest absolute Gasteiger partial charge is 0.410 e. The minimum absolute atomic E-state index is 0.105. The lowest BCUT2D eigenvalue weighted by molar-refractivity contribution is 0.0222. The number of rotatable bonds is 9. The van der Waals surface area contributed by atoms with Crippen LogP contribution in [0.4, 0.5) is 9.18 Å². The number of benzene rings is 2. The number of carbonyl (C=O) groups excluding carboxylic acids is 1. The molecule has 0 spiro atoms. The van der Waals surface area contributed by atoms with Crippen molar-refractivity contribution in [3.05, 3.63) is 95.9 Å². The van der Waals surface area contributed by atoms with Crippen molar-refractivity contribution in [2.24, 2.45) is 0 Å². The molecule has 47 heavy (non-hydrogen) atoms. The zero-order chi connectivity index (χ0) is 33.1. The summed E-state index contributed by atoms with van der Waals surface area (Å²) in [5.74, 6) is 0.0200. The van der Waals surface area contributed by atoms with Gasteiger partial charge in [0.1, 0.15) is 29.5 Å². The van der Waals surface area contributed by atoms with Gasteiger partial charge in [0.2, 0.25) is 0 Å². The highest BCUT2D eigenvalue weighted by Crippen LogP contribution is 2.47. The molecule has 8 nitrogen and oxygen atoms in total. The largest absolute Gasteiger partial charge is 0.507 e. The number of phenolic OH excluding ortho intramolecular Hbond substituents is 1. The number of aromatic nitrogens is 2. The highest BCUT2D eigenvalue weighted by molar-refractivity contribution is 7.18. The molecule has 1 aliphatic rings. The lowest BCUT2D eigenvalue weighted by Gasteiger charge is -2.31. The number of aromatic hydroxyl groups is 1. The number of phenols is 1. The molecule has 2 aromatic carbocycles. The molecule has 6 rings (SSSR count). The third-order valence-corrected chi connectivity index (χ3v) is 8.60. The molecule has 0 bridgehead atoms. The first-order chi connectivity index (χ1) is 22.6. The topological polar surface area (TPSA) is 94.0 Å². The molecule has 3 aromatic heterocycles. The van der Waals surface area contributed by atoms with E-state index in [1.54, 1.807) is 35.4 Å². The van der Waals surface area contributed by atoms with Crippen LogP contribution < -0.4 is 4.74 Å². The Hall–Kier alpha value is -4.80. The zero-order valence-electron chi connectivity index (χ0n) is 26.6. The van der Waals surface area contributed by atoms with E-state index in [0.29, 0.717) is 66.6 Å². The van der Waals surface area contributed by atoms with Gasteiger partial charge in [0.05, 0.1) is 31.1 Å². The van der Waals surface area contributed by atoms with Gasteiger partial charge in [-0.15, -0.1) is 17.9 Å². The number of hydrogen-bond donors (Lipinski definition) is 1. The molecule has 242 valence electrons. The first-order valence-electron chi connectivity index (χ1n) is 15.4. The first-order valence-corrected chi connectivity index (χ1v) is 16.3. The monoisotopic (exact) mass is 653 g/mol. The van der Waals surface area contributed by atoms with E-state index < -0.39 is 11.4 Å². The van der Waals surface area contributed by atoms with Crippen LogP contribution in [0.1, 0.15) is 32.0 Å². The van der Waals surface area contributed by atoms with Gasteiger partial charge >= 0.3 is 6.09 Å². The molecule has 0 aliphatic carbocycles. The number of fused-ring (bicyclic) bond motifs is 2. The van der Waals surface area contributed by atoms with Gasteiger partial charge in [0.25, 0.3) is 0 Å². The zero-order valence-corrected chi connectivity index (χ0v) is 27.4. The normalized spacial score (nSPS) is 13.0. The predicted molar refractivity (Wildman–Crippen MR) is 182 cm³/mol. The van der Waals surface area contributed by atoms with Gasteiger partial charge in [-0.2, -0.15) is 0 Å². The molecular formula is C37H36FN3O5S. The fourth-order valence-corrected chi connectivity index (χ4v) is 6.56. The van der Waals surface area contributed by atoms with Crippen molar-refractivity contribution in [2.45, 2.75) is 39.3 Å². The van der Waals surface area contributed by atoms with Gasteiger partial charge < -0.3 is 24.2 Å². The average Bonchev–Trinajstić information content (AvgIpc) is 3.53. The van der Waals surface area contributed by atoms with Crippen molar-refractivity contribution in [3.63, 3.8) is 0 Å². The molecule has 0 fully saturated rings. The molecule has 10 heteroatoms. The summed E-state index contributed by atoms with van der Waals surface area (Å²) < 4.78 is 32.8. The first kappa shape index (κ1) is 32.2. The van der Waals surface area contributed by atoms with Crippen LogP contribution in [-0.4, -0.2) is 58.0 Å². The number of hydrogen-bond acceptors (Lipinski definition) is 8. The van der Waals surface area contributed by atoms with E-state index in [1.807, 2.05) is 50.4 Å². The van der Waals surface area contributed by atoms with Crippen molar-refractivity contribution in [2.75, 3.05) is 26.4 Å². The Labute approximate surface area is 277 Å². The Morgan fingerprint density at radius 2 is 1.94 bits per heavy atom. The van der Waals surface area contributed by atoms with Crippen LogP contribution in [0.2, 0.25) is 0 Å². The van der Waals surface area contributed by atoms with E-state index in [-0.39, 0.29) is 18.4 Å². The molecule has 0 saturated heterocycles. The summed E-state index contributed by atoms with van der Waals surface area (Å²) in [5, 5.41) is 13.7. The summed E-state index contributed by atoms with van der Waals surface area (Å²) in [5.41, 5.74) is 5.06. The second-order valence-corrected chi connectivity index (χ2v) is 13.1. The van der Waals surface area contributed by atoms with E-state index in [0.717, 1.165) is 26.9 Å². The van der Waals surface area contributed by atoms with Crippen LogP contribution in [0.25, 0.3) is 43.7 Å². The molecule has 0 saturated carbocycles. The molecule has 0 radical (unpaired) electrons. The van der Waals surface area contributed by atoms with Gasteiger partial charge in [-0.25, -0.2) is 14.2 Å². The van der Waals surface area contributed by atoms with Crippen LogP contribution in [0.3, 0.4) is 0 Å². The number of halogens is 1. The number of ether oxygens (including phenoxy) is 3. The molecule has 5 aromatic rings. The maximum Gasteiger partial charge on any atom is 0.410 e. The SMILES string of the molecule is C=CCOCCOc1cc(F)ccc1-c1c(-c2cnc3c(c2)CN(C(=O)OC(C)(C)C)CC3)nc(-c2ccccc2O)c2ccsc12. The van der Waals surface area contributed by atoms with Gasteiger partial charge in [-0.3, -0.25) is 4.98 Å². The minimum atomic E-state index is -0.613. The van der Waals surface area contributed by atoms with E-state index in [9.17, 15) is 14.3 Å². The number of thiophene rings is 1. The Morgan fingerprint density at radius 1 is 1.11 bits per heavy atom. The third kappa shape index (κ3) is 6.99. The van der Waals surface area contributed by atoms with Gasteiger partial charge in [0.15, 0.2) is 0 Å². The van der Waals surface area contributed by atoms with E-state index in [4.69, 9.17) is 24.2 Å². The molecule has 4 heterocycles. The van der Waals surface area contributed by atoms with Gasteiger partial charge in [-0.05, 0) is 68.1 Å². The predicted octanol–water partition coefficient (Wildman–Crippen LogP) is 8.41. The summed E-state index contributed by atoms with van der Waals surface area (Å²) in [6.07, 6.45) is 3.66. The number of nitrogens with zero attached hydrogens (tertiary/aromatic N) is 3. The van der Waals surface area contributed by atoms with Crippen molar-refractivity contribution >= 4 is 27.5 Å². The highest BCUT2D eigenvalue weighted by Gasteiger charge is 2.28. The number of para-hydroxylation sites is 1. The number of carbonyl (C=O) groups is 1. The summed E-state index contributed by atoms with van der Waals surface area (Å²) >= 11 is 1.52. The summed E-state index contributed by atoms with van der Waals surface area (Å²) in [7, 11) is 0. The summed E-state index contributed by atoms with van der Waals surface area (Å²) in [6, 6.07) is 15.5. The lowest BCUT2D eigenvalue weighted by atomic mass is 9.94. The van der Waals surface area contributed by atoms with Crippen molar-refractivity contribution in [3.8, 4) is 45.1 Å². The standard InChI is InChI=1S/C37H36FN3O5S/c1-5-15-44-16-17-45-31-20-25(38)10-11-27(31)32-33(40-34(28-13-18-47-35(28)32)26-8-6-7-9-30(26)42)23-19-24-22-41(14-12-29(24)39-21-23)36(43)46-37(2,3)4/h5-11,13,18-21,42H,1,12,14-17,22H2,2-4H3. The fraction of sp³-hybridized carbons (Fsp3) is 0.270. The molecular weight excluding hydrogens is 617 g/mol. The number of amides is 1. The van der Waals surface area contributed by atoms with Crippen molar-refractivity contribution < 1.29 is 28.5 Å². The van der Waals surface area contributed by atoms with Crippen LogP contribution in [0.15, 0.2) is 78.8 Å². The van der Waals surface area contributed by atoms with Crippen LogP contribution in [0.5, 0.6) is 11.5 Å². The lowest BCUT2D eigenvalue weighted by Crippen LogP contribution is -2.40. The van der Waals surface area contributed by atoms with Crippen molar-refractivity contribution in [1.82, 2.24) is 14.9 Å². The minimum Gasteiger partial charge on any atom is -0.507 e. The average molecular weight is 654 g/mol. The Morgan fingerprint density at radius 3 is 2.72 bits per heavy atom. The second-order valence-electron chi connectivity index (χ2n) is 12.2. The quantitative estimate of drug-likeness (QED) is 0.126. The van der Waals surface area contributed by atoms with Crippen LogP contribution in [-0.2, 0) is 22.4 Å². The second kappa shape index (κ2) is 13.5. The van der Waals surface area contributed by atoms with E-state index in [1.165, 1.54) is 23.5 Å². The highest BCUT2D eigenvalue weighted by atomic mass is 32.1. The van der Waals surface area contributed by atoms with Crippen LogP contribution in [0, 0.1) is 5.82 Å². The van der Waals surface area contributed by atoms with Gasteiger partial charge in [0, 0.05) is 63.3 Å². The Kier molecular flexibility index (Phi) is 9.24. The maximum absolute atomic E-state index is 14.7. The van der Waals surface area contributed by atoms with Gasteiger partial charge in [-0.1, -0.05) is 18.2 Å². The van der Waals surface area contributed by atoms with E-state index >= 15 is 0 Å². The molecule has 0 atom stereocenters. The molecule has 1 amide bonds. The Balaban J connectivity index is 1.52. The Bertz CT molecular complexity index is 1950. The summed E-state index contributed by atoms with van der Waals surface area (Å²) in [6.45, 7) is 10.9. The molecule has 1 N–H and O–H groups in total. The van der Waals surface area contributed by atoms with Crippen molar-refractivity contribution in [1.29, 1.82) is 0 Å². The van der Waals surface area contributed by atoms with Crippen LogP contribution >= 0.6 is 11.3 Å². The fourth-order valence-electron chi connectivity index (χ4n) is 5.60. The number of pyridine rings is 2.